The molecule has 2 rings (SSSR count). The number of hydrogen-bond acceptors (Lipinski definition) is 1. The Morgan fingerprint density at radius 3 is 2.81 bits per heavy atom. The molecule has 0 aliphatic carbocycles. The zero-order valence-electron chi connectivity index (χ0n) is 12.0. The van der Waals surface area contributed by atoms with Crippen molar-refractivity contribution in [2.45, 2.75) is 43.4 Å². The van der Waals surface area contributed by atoms with Gasteiger partial charge >= 0.3 is 5.97 Å². The second-order valence-corrected chi connectivity index (χ2v) is 7.10. The van der Waals surface area contributed by atoms with Gasteiger partial charge in [-0.1, -0.05) is 66.2 Å². The van der Waals surface area contributed by atoms with Crippen molar-refractivity contribution in [3.8, 4) is 0 Å². The number of benzene rings is 1. The molecule has 0 saturated carbocycles. The summed E-state index contributed by atoms with van der Waals surface area (Å²) in [5.74, 6) is -0.852. The minimum absolute atomic E-state index is 0.567. The molecule has 0 fully saturated rings. The lowest BCUT2D eigenvalue weighted by Gasteiger charge is -2.22. The Kier molecular flexibility index (Phi) is 5.33. The van der Waals surface area contributed by atoms with E-state index in [4.69, 9.17) is 11.6 Å². The zero-order chi connectivity index (χ0) is 15.5. The zero-order valence-corrected chi connectivity index (χ0v) is 14.3. The fourth-order valence-corrected chi connectivity index (χ4v) is 3.36. The van der Waals surface area contributed by atoms with Crippen molar-refractivity contribution in [1.82, 2.24) is 4.98 Å². The molecule has 3 nitrogen and oxygen atoms in total. The average molecular weight is 373 g/mol. The Bertz CT molecular complexity index is 640. The number of carboxylic acids is 1. The molecule has 1 aromatic carbocycles. The molecule has 0 spiro atoms. The minimum atomic E-state index is -1.05. The first-order chi connectivity index (χ1) is 9.99. The van der Waals surface area contributed by atoms with Gasteiger partial charge in [0.05, 0.1) is 0 Å². The quantitative estimate of drug-likeness (QED) is 0.500. The third-order valence-corrected chi connectivity index (χ3v) is 5.18. The Morgan fingerprint density at radius 1 is 1.38 bits per heavy atom. The van der Waals surface area contributed by atoms with Gasteiger partial charge in [-0.25, -0.2) is 0 Å². The van der Waals surface area contributed by atoms with E-state index in [-0.39, 0.29) is 0 Å². The molecular weight excluding hydrogens is 354 g/mol. The topological polar surface area (TPSA) is 53.1 Å². The molecule has 21 heavy (non-hydrogen) atoms. The van der Waals surface area contributed by atoms with Gasteiger partial charge in [0.25, 0.3) is 0 Å². The number of alkyl halides is 1. The summed E-state index contributed by atoms with van der Waals surface area (Å²) >= 11 is 9.45. The Labute approximate surface area is 137 Å². The van der Waals surface area contributed by atoms with Gasteiger partial charge < -0.3 is 10.1 Å². The van der Waals surface area contributed by atoms with Crippen molar-refractivity contribution in [3.05, 3.63) is 35.0 Å². The predicted octanol–water partition coefficient (Wildman–Crippen LogP) is 5.47. The third-order valence-electron chi connectivity index (χ3n) is 3.78. The van der Waals surface area contributed by atoms with Gasteiger partial charge in [-0.2, -0.15) is 0 Å². The normalized spacial score (nSPS) is 14.2. The molecule has 0 radical (unpaired) electrons. The van der Waals surface area contributed by atoms with E-state index in [9.17, 15) is 9.90 Å². The van der Waals surface area contributed by atoms with Crippen molar-refractivity contribution >= 4 is 44.4 Å². The fourth-order valence-electron chi connectivity index (χ4n) is 2.58. The summed E-state index contributed by atoms with van der Waals surface area (Å²) in [7, 11) is 0. The highest BCUT2D eigenvalue weighted by atomic mass is 79.9. The highest BCUT2D eigenvalue weighted by molar-refractivity contribution is 9.10. The van der Waals surface area contributed by atoms with Crippen LogP contribution in [0.3, 0.4) is 0 Å². The standard InChI is InChI=1S/C16H19BrClNO2/c1-2-3-4-5-8-16(17,15(20)21)13-10-19-14-9-11(18)6-7-12(13)14/h6-7,9-10,19H,2-5,8H2,1H3,(H,20,21). The summed E-state index contributed by atoms with van der Waals surface area (Å²) in [4.78, 5) is 14.9. The fraction of sp³-hybridized carbons (Fsp3) is 0.438. The maximum atomic E-state index is 11.8. The highest BCUT2D eigenvalue weighted by Crippen LogP contribution is 2.41. The first-order valence-corrected chi connectivity index (χ1v) is 8.35. The summed E-state index contributed by atoms with van der Waals surface area (Å²) in [6.07, 6.45) is 6.53. The molecule has 2 aromatic rings. The van der Waals surface area contributed by atoms with Crippen LogP contribution >= 0.6 is 27.5 Å². The number of hydrogen-bond donors (Lipinski definition) is 2. The van der Waals surface area contributed by atoms with Crippen LogP contribution in [0.5, 0.6) is 0 Å². The maximum absolute atomic E-state index is 11.8. The van der Waals surface area contributed by atoms with Gasteiger partial charge in [0.15, 0.2) is 0 Å². The second-order valence-electron chi connectivity index (χ2n) is 5.31. The lowest BCUT2D eigenvalue weighted by atomic mass is 9.92. The maximum Gasteiger partial charge on any atom is 0.325 e. The van der Waals surface area contributed by atoms with Crippen LogP contribution < -0.4 is 0 Å². The molecule has 0 aliphatic heterocycles. The number of carboxylic acid groups (broad SMARTS) is 1. The van der Waals surface area contributed by atoms with E-state index in [1.54, 1.807) is 12.3 Å². The molecule has 1 atom stereocenters. The number of halogens is 2. The van der Waals surface area contributed by atoms with Gasteiger partial charge in [0.2, 0.25) is 0 Å². The summed E-state index contributed by atoms with van der Waals surface area (Å²) in [5, 5.41) is 11.2. The van der Waals surface area contributed by atoms with Crippen LogP contribution in [0.15, 0.2) is 24.4 Å². The molecule has 0 aliphatic rings. The van der Waals surface area contributed by atoms with E-state index in [0.29, 0.717) is 11.4 Å². The number of aromatic nitrogens is 1. The van der Waals surface area contributed by atoms with Gasteiger partial charge in [-0.05, 0) is 18.6 Å². The lowest BCUT2D eigenvalue weighted by molar-refractivity contribution is -0.140. The SMILES string of the molecule is CCCCCCC(Br)(C(=O)O)c1c[nH]c2cc(Cl)ccc12. The summed E-state index contributed by atoms with van der Waals surface area (Å²) < 4.78 is -1.05. The highest BCUT2D eigenvalue weighted by Gasteiger charge is 2.38. The van der Waals surface area contributed by atoms with E-state index < -0.39 is 10.3 Å². The van der Waals surface area contributed by atoms with Crippen molar-refractivity contribution in [2.24, 2.45) is 0 Å². The summed E-state index contributed by atoms with van der Waals surface area (Å²) in [6, 6.07) is 5.47. The van der Waals surface area contributed by atoms with E-state index in [0.717, 1.165) is 42.1 Å². The van der Waals surface area contributed by atoms with E-state index >= 15 is 0 Å². The van der Waals surface area contributed by atoms with E-state index in [1.807, 2.05) is 12.1 Å². The van der Waals surface area contributed by atoms with Crippen LogP contribution in [-0.2, 0) is 9.12 Å². The van der Waals surface area contributed by atoms with Crippen LogP contribution in [0.4, 0.5) is 0 Å². The first kappa shape index (κ1) is 16.4. The first-order valence-electron chi connectivity index (χ1n) is 7.18. The number of aliphatic carboxylic acids is 1. The minimum Gasteiger partial charge on any atom is -0.480 e. The lowest BCUT2D eigenvalue weighted by Crippen LogP contribution is -2.28. The number of fused-ring (bicyclic) bond motifs is 1. The monoisotopic (exact) mass is 371 g/mol. The molecule has 1 aromatic heterocycles. The summed E-state index contributed by atoms with van der Waals surface area (Å²) in [6.45, 7) is 2.14. The van der Waals surface area contributed by atoms with E-state index in [2.05, 4.69) is 27.8 Å². The molecule has 1 unspecified atom stereocenters. The van der Waals surface area contributed by atoms with Gasteiger partial charge in [-0.3, -0.25) is 4.79 Å². The Morgan fingerprint density at radius 2 is 2.14 bits per heavy atom. The number of aromatic amines is 1. The molecule has 2 N–H and O–H groups in total. The third kappa shape index (κ3) is 3.43. The van der Waals surface area contributed by atoms with Crippen LogP contribution in [0.2, 0.25) is 5.02 Å². The van der Waals surface area contributed by atoms with Crippen LogP contribution in [-0.4, -0.2) is 16.1 Å². The molecule has 0 amide bonds. The van der Waals surface area contributed by atoms with Crippen LogP contribution in [0.1, 0.15) is 44.6 Å². The number of carbonyl (C=O) groups is 1. The predicted molar refractivity (Wildman–Crippen MR) is 90.3 cm³/mol. The largest absolute Gasteiger partial charge is 0.480 e. The molecule has 114 valence electrons. The molecule has 1 heterocycles. The van der Waals surface area contributed by atoms with Crippen molar-refractivity contribution in [3.63, 3.8) is 0 Å². The van der Waals surface area contributed by atoms with Crippen molar-refractivity contribution in [2.75, 3.05) is 0 Å². The molecular formula is C16H19BrClNO2. The summed E-state index contributed by atoms with van der Waals surface area (Å²) in [5.41, 5.74) is 1.62. The van der Waals surface area contributed by atoms with Crippen molar-refractivity contribution in [1.29, 1.82) is 0 Å². The second kappa shape index (κ2) is 6.84. The smallest absolute Gasteiger partial charge is 0.325 e. The van der Waals surface area contributed by atoms with E-state index in [1.165, 1.54) is 0 Å². The number of H-pyrrole nitrogens is 1. The van der Waals surface area contributed by atoms with Gasteiger partial charge in [-0.15, -0.1) is 0 Å². The molecule has 0 saturated heterocycles. The van der Waals surface area contributed by atoms with Crippen LogP contribution in [0.25, 0.3) is 10.9 Å². The van der Waals surface area contributed by atoms with Crippen molar-refractivity contribution < 1.29 is 9.90 Å². The number of rotatable bonds is 7. The van der Waals surface area contributed by atoms with Gasteiger partial charge in [0, 0.05) is 27.7 Å². The molecule has 5 heteroatoms. The number of unbranched alkanes of at least 4 members (excludes halogenated alkanes) is 3. The molecule has 0 bridgehead atoms. The number of nitrogens with one attached hydrogen (secondary N) is 1. The Hall–Kier alpha value is -1.00. The average Bonchev–Trinajstić information content (AvgIpc) is 2.86. The Balaban J connectivity index is 2.33. The van der Waals surface area contributed by atoms with Crippen LogP contribution in [0, 0.1) is 0 Å². The van der Waals surface area contributed by atoms with Gasteiger partial charge in [0.1, 0.15) is 4.32 Å².